The molecule has 2 aromatic carbocycles. The fraction of sp³-hybridized carbons (Fsp3) is 0.300. The van der Waals surface area contributed by atoms with Gasteiger partial charge in [0.15, 0.2) is 0 Å². The summed E-state index contributed by atoms with van der Waals surface area (Å²) in [7, 11) is -4.27. The molecule has 1 aliphatic rings. The van der Waals surface area contributed by atoms with Crippen molar-refractivity contribution in [3.63, 3.8) is 0 Å². The number of benzene rings is 2. The third kappa shape index (κ3) is 3.99. The lowest BCUT2D eigenvalue weighted by Gasteiger charge is -2.24. The van der Waals surface area contributed by atoms with Crippen molar-refractivity contribution in [3.05, 3.63) is 79.8 Å². The van der Waals surface area contributed by atoms with E-state index in [9.17, 15) is 17.6 Å². The molecule has 2 atom stereocenters. The number of nitrogens with zero attached hydrogens (tertiary/aromatic N) is 1. The number of fused-ring (bicyclic) bond motifs is 1. The Labute approximate surface area is 180 Å². The molecule has 0 saturated heterocycles. The molecule has 1 heterocycles. The Morgan fingerprint density at radius 3 is 2.77 bits per heavy atom. The zero-order valence-electron chi connectivity index (χ0n) is 16.0. The van der Waals surface area contributed by atoms with E-state index >= 15 is 0 Å². The molecule has 0 fully saturated rings. The minimum atomic E-state index is -4.27. The van der Waals surface area contributed by atoms with Crippen LogP contribution in [-0.4, -0.2) is 18.6 Å². The first-order valence-corrected chi connectivity index (χ1v) is 11.7. The molecule has 0 bridgehead atoms. The van der Waals surface area contributed by atoms with E-state index in [2.05, 4.69) is 36.9 Å². The Morgan fingerprint density at radius 2 is 2.07 bits per heavy atom. The second kappa shape index (κ2) is 8.09. The first kappa shape index (κ1) is 21.0. The van der Waals surface area contributed by atoms with Gasteiger partial charge < -0.3 is 4.42 Å². The van der Waals surface area contributed by atoms with Crippen LogP contribution in [0.2, 0.25) is 0 Å². The lowest BCUT2D eigenvalue weighted by molar-refractivity contribution is 0.380. The van der Waals surface area contributed by atoms with Crippen LogP contribution in [0.1, 0.15) is 47.9 Å². The minimum absolute atomic E-state index is 0.107. The topological polar surface area (TPSA) is 105 Å². The van der Waals surface area contributed by atoms with Crippen LogP contribution in [0, 0.1) is 5.82 Å². The maximum absolute atomic E-state index is 14.4. The van der Waals surface area contributed by atoms with E-state index in [0.29, 0.717) is 4.47 Å². The zero-order valence-corrected chi connectivity index (χ0v) is 18.4. The maximum Gasteiger partial charge on any atom is 0.434 e. The molecule has 0 saturated carbocycles. The first-order valence-electron chi connectivity index (χ1n) is 9.39. The summed E-state index contributed by atoms with van der Waals surface area (Å²) in [6, 6.07) is 8.59. The molecular formula is C20H19BrFN3O4S. The predicted molar refractivity (Wildman–Crippen MR) is 111 cm³/mol. The molecule has 0 aliphatic heterocycles. The number of sulfonamides is 1. The number of hydrogen-bond acceptors (Lipinski definition) is 5. The maximum atomic E-state index is 14.4. The van der Waals surface area contributed by atoms with Crippen molar-refractivity contribution in [2.24, 2.45) is 0 Å². The van der Waals surface area contributed by atoms with Crippen molar-refractivity contribution in [1.29, 1.82) is 0 Å². The van der Waals surface area contributed by atoms with Crippen molar-refractivity contribution in [3.8, 4) is 0 Å². The van der Waals surface area contributed by atoms with Gasteiger partial charge in [0, 0.05) is 10.4 Å². The van der Waals surface area contributed by atoms with Crippen LogP contribution in [0.25, 0.3) is 0 Å². The molecule has 30 heavy (non-hydrogen) atoms. The van der Waals surface area contributed by atoms with Crippen LogP contribution in [0.3, 0.4) is 0 Å². The highest BCUT2D eigenvalue weighted by Gasteiger charge is 2.34. The van der Waals surface area contributed by atoms with E-state index in [1.54, 1.807) is 0 Å². The van der Waals surface area contributed by atoms with Gasteiger partial charge in [-0.2, -0.15) is 4.72 Å². The summed E-state index contributed by atoms with van der Waals surface area (Å²) in [6.07, 6.45) is 2.88. The van der Waals surface area contributed by atoms with Gasteiger partial charge in [0.05, 0.1) is 0 Å². The van der Waals surface area contributed by atoms with Gasteiger partial charge in [-0.05, 0) is 54.2 Å². The molecule has 1 aromatic heterocycles. The summed E-state index contributed by atoms with van der Waals surface area (Å²) in [5.41, 5.74) is 3.34. The van der Waals surface area contributed by atoms with Gasteiger partial charge in [-0.1, -0.05) is 41.1 Å². The highest BCUT2D eigenvalue weighted by atomic mass is 79.9. The van der Waals surface area contributed by atoms with E-state index in [-0.39, 0.29) is 5.89 Å². The number of H-pyrrole nitrogens is 1. The van der Waals surface area contributed by atoms with Gasteiger partial charge in [-0.25, -0.2) is 22.7 Å². The van der Waals surface area contributed by atoms with E-state index in [1.807, 2.05) is 19.1 Å². The van der Waals surface area contributed by atoms with Crippen LogP contribution in [-0.2, 0) is 22.9 Å². The molecule has 158 valence electrons. The van der Waals surface area contributed by atoms with Gasteiger partial charge in [0.25, 0.3) is 0 Å². The summed E-state index contributed by atoms with van der Waals surface area (Å²) in [5, 5.41) is 6.00. The van der Waals surface area contributed by atoms with Gasteiger partial charge in [-0.3, -0.25) is 0 Å². The summed E-state index contributed by atoms with van der Waals surface area (Å²) in [6.45, 7) is 1.83. The standard InChI is InChI=1S/C20H19BrFN3O4S/c1-11(14-6-2-4-12-5-3-7-15(12)14)18(19-23-24-20(26)29-19)25-30(27,28)17-9-8-13(21)10-16(17)22/h2,4,6,8-11,18,25H,3,5,7H2,1H3,(H,24,26)/t11-,18+/m1/s1. The van der Waals surface area contributed by atoms with E-state index in [0.717, 1.165) is 30.9 Å². The molecule has 0 radical (unpaired) electrons. The number of aromatic nitrogens is 2. The Hall–Kier alpha value is -2.30. The molecular weight excluding hydrogens is 477 g/mol. The van der Waals surface area contributed by atoms with Crippen LogP contribution in [0.15, 0.2) is 55.0 Å². The normalized spacial score (nSPS) is 15.7. The minimum Gasteiger partial charge on any atom is -0.391 e. The van der Waals surface area contributed by atoms with Crippen molar-refractivity contribution in [1.82, 2.24) is 14.9 Å². The highest BCUT2D eigenvalue weighted by molar-refractivity contribution is 9.10. The Kier molecular flexibility index (Phi) is 5.65. The number of nitrogens with one attached hydrogen (secondary N) is 2. The molecule has 4 rings (SSSR count). The van der Waals surface area contributed by atoms with Crippen LogP contribution in [0.5, 0.6) is 0 Å². The van der Waals surface area contributed by atoms with Crippen molar-refractivity contribution < 1.29 is 17.2 Å². The average Bonchev–Trinajstić information content (AvgIpc) is 3.34. The van der Waals surface area contributed by atoms with Crippen LogP contribution < -0.4 is 10.5 Å². The monoisotopic (exact) mass is 495 g/mol. The molecule has 7 nitrogen and oxygen atoms in total. The second-order valence-electron chi connectivity index (χ2n) is 7.25. The lowest BCUT2D eigenvalue weighted by Crippen LogP contribution is -2.33. The molecule has 0 amide bonds. The smallest absolute Gasteiger partial charge is 0.391 e. The first-order chi connectivity index (χ1) is 14.3. The second-order valence-corrected chi connectivity index (χ2v) is 9.85. The quantitative estimate of drug-likeness (QED) is 0.543. The number of aromatic amines is 1. The van der Waals surface area contributed by atoms with Crippen molar-refractivity contribution >= 4 is 26.0 Å². The van der Waals surface area contributed by atoms with E-state index < -0.39 is 38.5 Å². The van der Waals surface area contributed by atoms with Gasteiger partial charge in [-0.15, -0.1) is 5.10 Å². The number of rotatable bonds is 6. The van der Waals surface area contributed by atoms with Gasteiger partial charge >= 0.3 is 5.76 Å². The van der Waals surface area contributed by atoms with Crippen molar-refractivity contribution in [2.75, 3.05) is 0 Å². The van der Waals surface area contributed by atoms with E-state index in [4.69, 9.17) is 4.42 Å². The molecule has 2 N–H and O–H groups in total. The summed E-state index contributed by atoms with van der Waals surface area (Å²) < 4.78 is 48.4. The lowest BCUT2D eigenvalue weighted by atomic mass is 9.88. The third-order valence-electron chi connectivity index (χ3n) is 5.36. The number of aryl methyl sites for hydroxylation is 1. The summed E-state index contributed by atoms with van der Waals surface area (Å²) in [5.74, 6) is -2.22. The van der Waals surface area contributed by atoms with Gasteiger partial charge in [0.1, 0.15) is 16.8 Å². The fourth-order valence-corrected chi connectivity index (χ4v) is 5.58. The van der Waals surface area contributed by atoms with Gasteiger partial charge in [0.2, 0.25) is 15.9 Å². The molecule has 10 heteroatoms. The zero-order chi connectivity index (χ0) is 21.5. The van der Waals surface area contributed by atoms with Crippen LogP contribution >= 0.6 is 15.9 Å². The number of halogens is 2. The van der Waals surface area contributed by atoms with Crippen molar-refractivity contribution in [2.45, 2.75) is 43.0 Å². The Bertz CT molecular complexity index is 1250. The Balaban J connectivity index is 1.76. The molecule has 3 aromatic rings. The van der Waals surface area contributed by atoms with E-state index in [1.165, 1.54) is 23.3 Å². The molecule has 1 aliphatic carbocycles. The predicted octanol–water partition coefficient (Wildman–Crippen LogP) is 3.58. The highest BCUT2D eigenvalue weighted by Crippen LogP contribution is 2.37. The number of hydrogen-bond donors (Lipinski definition) is 2. The third-order valence-corrected chi connectivity index (χ3v) is 7.33. The average molecular weight is 496 g/mol. The Morgan fingerprint density at radius 1 is 1.27 bits per heavy atom. The SMILES string of the molecule is C[C@H](c1cccc2c1CCC2)[C@H](NS(=O)(=O)c1ccc(Br)cc1F)c1n[nH]c(=O)o1. The molecule has 0 unspecified atom stereocenters. The summed E-state index contributed by atoms with van der Waals surface area (Å²) >= 11 is 3.12. The fourth-order valence-electron chi connectivity index (χ4n) is 3.92. The van der Waals surface area contributed by atoms with Crippen LogP contribution in [0.4, 0.5) is 4.39 Å². The summed E-state index contributed by atoms with van der Waals surface area (Å²) in [4.78, 5) is 11.0. The largest absolute Gasteiger partial charge is 0.434 e. The molecule has 0 spiro atoms.